The average Bonchev–Trinajstić information content (AvgIpc) is 2.65. The number of carbonyl (C=O) groups is 2. The van der Waals surface area contributed by atoms with Gasteiger partial charge in [-0.1, -0.05) is 18.2 Å². The van der Waals surface area contributed by atoms with Gasteiger partial charge in [-0.2, -0.15) is 0 Å². The van der Waals surface area contributed by atoms with Gasteiger partial charge in [-0.25, -0.2) is 4.79 Å². The quantitative estimate of drug-likeness (QED) is 0.620. The summed E-state index contributed by atoms with van der Waals surface area (Å²) in [5.41, 5.74) is 0.959. The van der Waals surface area contributed by atoms with E-state index in [0.717, 1.165) is 11.1 Å². The molecule has 0 saturated carbocycles. The molecule has 0 amide bonds. The fraction of sp³-hybridized carbons (Fsp3) is 0.391. The van der Waals surface area contributed by atoms with Gasteiger partial charge in [0.25, 0.3) is 0 Å². The van der Waals surface area contributed by atoms with Crippen molar-refractivity contribution in [3.8, 4) is 17.2 Å². The Morgan fingerprint density at radius 1 is 0.931 bits per heavy atom. The fourth-order valence-corrected chi connectivity index (χ4v) is 2.99. The summed E-state index contributed by atoms with van der Waals surface area (Å²) in [5.74, 6) is 0.647. The number of hydrogen-bond donors (Lipinski definition) is 0. The normalized spacial score (nSPS) is 12.1. The van der Waals surface area contributed by atoms with Gasteiger partial charge in [0.1, 0.15) is 17.1 Å². The lowest BCUT2D eigenvalue weighted by atomic mass is 9.88. The molecule has 6 nitrogen and oxygen atoms in total. The van der Waals surface area contributed by atoms with Crippen molar-refractivity contribution in [3.63, 3.8) is 0 Å². The predicted octanol–water partition coefficient (Wildman–Crippen LogP) is 4.15. The van der Waals surface area contributed by atoms with Crippen LogP contribution < -0.4 is 14.2 Å². The van der Waals surface area contributed by atoms with Crippen LogP contribution >= 0.6 is 0 Å². The lowest BCUT2D eigenvalue weighted by Gasteiger charge is -2.20. The van der Waals surface area contributed by atoms with E-state index >= 15 is 0 Å². The smallest absolute Gasteiger partial charge is 0.344 e. The Morgan fingerprint density at radius 2 is 1.59 bits per heavy atom. The van der Waals surface area contributed by atoms with Crippen LogP contribution in [-0.2, 0) is 14.3 Å². The van der Waals surface area contributed by atoms with E-state index in [-0.39, 0.29) is 12.4 Å². The second-order valence-electron chi connectivity index (χ2n) is 7.61. The Morgan fingerprint density at radius 3 is 2.17 bits per heavy atom. The number of esters is 1. The van der Waals surface area contributed by atoms with E-state index in [9.17, 15) is 9.59 Å². The number of rotatable bonds is 8. The zero-order valence-electron chi connectivity index (χ0n) is 17.8. The van der Waals surface area contributed by atoms with Crippen LogP contribution in [0.4, 0.5) is 0 Å². The van der Waals surface area contributed by atoms with Crippen molar-refractivity contribution >= 4 is 11.8 Å². The molecule has 0 aliphatic rings. The first kappa shape index (κ1) is 22.3. The van der Waals surface area contributed by atoms with E-state index in [1.807, 2.05) is 12.1 Å². The molecule has 0 aromatic heterocycles. The van der Waals surface area contributed by atoms with Crippen molar-refractivity contribution in [1.82, 2.24) is 0 Å². The van der Waals surface area contributed by atoms with Gasteiger partial charge >= 0.3 is 5.97 Å². The van der Waals surface area contributed by atoms with Crippen molar-refractivity contribution in [3.05, 3.63) is 53.6 Å². The van der Waals surface area contributed by atoms with E-state index in [4.69, 9.17) is 18.9 Å². The molecule has 0 heterocycles. The zero-order valence-corrected chi connectivity index (χ0v) is 17.8. The number of methoxy groups -OCH3 is 2. The minimum Gasteiger partial charge on any atom is -0.493 e. The number of ether oxygens (including phenoxy) is 4. The van der Waals surface area contributed by atoms with Gasteiger partial charge in [-0.3, -0.25) is 4.79 Å². The molecule has 6 heteroatoms. The Bertz CT molecular complexity index is 866. The summed E-state index contributed by atoms with van der Waals surface area (Å²) >= 11 is 0. The van der Waals surface area contributed by atoms with Gasteiger partial charge in [-0.15, -0.1) is 0 Å². The third kappa shape index (κ3) is 6.24. The lowest BCUT2D eigenvalue weighted by Crippen LogP contribution is -2.27. The van der Waals surface area contributed by atoms with Crippen molar-refractivity contribution in [2.45, 2.75) is 39.2 Å². The molecule has 2 aromatic rings. The second-order valence-corrected chi connectivity index (χ2v) is 7.61. The molecule has 0 N–H and O–H groups in total. The Labute approximate surface area is 171 Å². The van der Waals surface area contributed by atoms with Crippen LogP contribution in [0.3, 0.4) is 0 Å². The summed E-state index contributed by atoms with van der Waals surface area (Å²) in [6.07, 6.45) is 0. The average molecular weight is 400 g/mol. The van der Waals surface area contributed by atoms with E-state index < -0.39 is 17.5 Å². The van der Waals surface area contributed by atoms with E-state index in [1.165, 1.54) is 6.92 Å². The highest BCUT2D eigenvalue weighted by Crippen LogP contribution is 2.34. The first-order valence-electron chi connectivity index (χ1n) is 9.31. The van der Waals surface area contributed by atoms with Crippen molar-refractivity contribution in [2.24, 2.45) is 0 Å². The van der Waals surface area contributed by atoms with Crippen molar-refractivity contribution < 1.29 is 28.5 Å². The van der Waals surface area contributed by atoms with Crippen LogP contribution in [-0.4, -0.2) is 38.2 Å². The molecule has 0 radical (unpaired) electrons. The zero-order chi connectivity index (χ0) is 21.6. The van der Waals surface area contributed by atoms with Crippen LogP contribution in [0, 0.1) is 0 Å². The van der Waals surface area contributed by atoms with Crippen molar-refractivity contribution in [2.75, 3.05) is 20.8 Å². The molecule has 2 rings (SSSR count). The monoisotopic (exact) mass is 400 g/mol. The minimum atomic E-state index is -0.574. The molecule has 29 heavy (non-hydrogen) atoms. The SMILES string of the molecule is COc1ccc(C(C(C)=O)c2cccc(OCC(=O)OC(C)(C)C)c2)cc1OC. The van der Waals surface area contributed by atoms with Crippen molar-refractivity contribution in [1.29, 1.82) is 0 Å². The molecule has 0 aliphatic heterocycles. The van der Waals surface area contributed by atoms with Gasteiger partial charge in [-0.05, 0) is 63.1 Å². The molecule has 0 spiro atoms. The molecule has 0 fully saturated rings. The van der Waals surface area contributed by atoms with Gasteiger partial charge in [0.15, 0.2) is 18.1 Å². The number of Topliss-reactive ketones (excluding diaryl/α,β-unsaturated/α-hetero) is 1. The highest BCUT2D eigenvalue weighted by Gasteiger charge is 2.22. The Kier molecular flexibility index (Phi) is 7.26. The Balaban J connectivity index is 2.26. The van der Waals surface area contributed by atoms with Crippen LogP contribution in [0.1, 0.15) is 44.7 Å². The lowest BCUT2D eigenvalue weighted by molar-refractivity contribution is -0.157. The summed E-state index contributed by atoms with van der Waals surface area (Å²) in [6, 6.07) is 12.5. The molecular weight excluding hydrogens is 372 g/mol. The molecule has 2 aromatic carbocycles. The van der Waals surface area contributed by atoms with Gasteiger partial charge in [0, 0.05) is 0 Å². The summed E-state index contributed by atoms with van der Waals surface area (Å²) in [7, 11) is 3.11. The highest BCUT2D eigenvalue weighted by molar-refractivity contribution is 5.87. The molecule has 156 valence electrons. The van der Waals surface area contributed by atoms with Gasteiger partial charge in [0.05, 0.1) is 20.1 Å². The van der Waals surface area contributed by atoms with Gasteiger partial charge < -0.3 is 18.9 Å². The summed E-state index contributed by atoms with van der Waals surface area (Å²) in [4.78, 5) is 24.3. The molecule has 0 saturated heterocycles. The molecule has 1 atom stereocenters. The van der Waals surface area contributed by atoms with Crippen LogP contribution in [0.15, 0.2) is 42.5 Å². The topological polar surface area (TPSA) is 71.1 Å². The number of hydrogen-bond acceptors (Lipinski definition) is 6. The Hall–Kier alpha value is -3.02. The molecule has 0 bridgehead atoms. The number of benzene rings is 2. The van der Waals surface area contributed by atoms with Gasteiger partial charge in [0.2, 0.25) is 0 Å². The third-order valence-corrected chi connectivity index (χ3v) is 4.12. The molecule has 0 aliphatic carbocycles. The predicted molar refractivity (Wildman–Crippen MR) is 110 cm³/mol. The maximum absolute atomic E-state index is 12.4. The van der Waals surface area contributed by atoms with Crippen LogP contribution in [0.2, 0.25) is 0 Å². The van der Waals surface area contributed by atoms with E-state index in [1.54, 1.807) is 65.3 Å². The maximum Gasteiger partial charge on any atom is 0.344 e. The minimum absolute atomic E-state index is 0.0264. The maximum atomic E-state index is 12.4. The molecular formula is C23H28O6. The number of carbonyl (C=O) groups excluding carboxylic acids is 2. The van der Waals surface area contributed by atoms with Crippen LogP contribution in [0.5, 0.6) is 17.2 Å². The van der Waals surface area contributed by atoms with E-state index in [2.05, 4.69) is 0 Å². The largest absolute Gasteiger partial charge is 0.493 e. The highest BCUT2D eigenvalue weighted by atomic mass is 16.6. The fourth-order valence-electron chi connectivity index (χ4n) is 2.99. The molecule has 1 unspecified atom stereocenters. The first-order valence-corrected chi connectivity index (χ1v) is 9.31. The standard InChI is InChI=1S/C23H28O6/c1-15(24)22(17-10-11-19(26-5)20(13-17)27-6)16-8-7-9-18(12-16)28-14-21(25)29-23(2,3)4/h7-13,22H,14H2,1-6H3. The van der Waals surface area contributed by atoms with Crippen LogP contribution in [0.25, 0.3) is 0 Å². The summed E-state index contributed by atoms with van der Waals surface area (Å²) in [6.45, 7) is 6.72. The summed E-state index contributed by atoms with van der Waals surface area (Å²) < 4.78 is 21.4. The number of ketones is 1. The second kappa shape index (κ2) is 9.45. The third-order valence-electron chi connectivity index (χ3n) is 4.12. The first-order chi connectivity index (χ1) is 13.6. The summed E-state index contributed by atoms with van der Waals surface area (Å²) in [5, 5.41) is 0. The van der Waals surface area contributed by atoms with E-state index in [0.29, 0.717) is 17.2 Å².